The molecule has 1 saturated heterocycles. The van der Waals surface area contributed by atoms with Crippen LogP contribution in [0.2, 0.25) is 0 Å². The zero-order valence-corrected chi connectivity index (χ0v) is 11.3. The van der Waals surface area contributed by atoms with E-state index in [-0.39, 0.29) is 11.3 Å². The van der Waals surface area contributed by atoms with Gasteiger partial charge >= 0.3 is 0 Å². The molecule has 0 bridgehead atoms. The first-order valence-corrected chi connectivity index (χ1v) is 6.32. The van der Waals surface area contributed by atoms with E-state index >= 15 is 0 Å². The molecule has 98 valence electrons. The van der Waals surface area contributed by atoms with Gasteiger partial charge in [0.25, 0.3) is 5.91 Å². The Bertz CT molecular complexity index is 432. The number of morpholine rings is 1. The molecule has 0 atom stereocenters. The van der Waals surface area contributed by atoms with Crippen molar-refractivity contribution in [3.05, 3.63) is 29.6 Å². The van der Waals surface area contributed by atoms with Gasteiger partial charge < -0.3 is 9.64 Å². The summed E-state index contributed by atoms with van der Waals surface area (Å²) in [5.74, 6) is 0.0660. The van der Waals surface area contributed by atoms with Gasteiger partial charge in [-0.2, -0.15) is 0 Å². The van der Waals surface area contributed by atoms with Gasteiger partial charge in [0.15, 0.2) is 0 Å². The summed E-state index contributed by atoms with van der Waals surface area (Å²) >= 11 is 0. The normalized spacial score (nSPS) is 16.7. The van der Waals surface area contributed by atoms with Gasteiger partial charge in [-0.15, -0.1) is 0 Å². The smallest absolute Gasteiger partial charge is 0.255 e. The summed E-state index contributed by atoms with van der Waals surface area (Å²) in [6.45, 7) is 8.80. The molecule has 1 fully saturated rings. The molecule has 1 aromatic rings. The topological polar surface area (TPSA) is 42.4 Å². The fourth-order valence-corrected chi connectivity index (χ4v) is 2.11. The Morgan fingerprint density at radius 3 is 2.61 bits per heavy atom. The Balaban J connectivity index is 2.30. The third-order valence-corrected chi connectivity index (χ3v) is 3.05. The molecule has 1 aliphatic heterocycles. The van der Waals surface area contributed by atoms with Gasteiger partial charge in [0.05, 0.1) is 24.5 Å². The number of aromatic nitrogens is 1. The fourth-order valence-electron chi connectivity index (χ4n) is 2.11. The number of hydrogen-bond donors (Lipinski definition) is 0. The van der Waals surface area contributed by atoms with Gasteiger partial charge in [0.1, 0.15) is 0 Å². The fraction of sp³-hybridized carbons (Fsp3) is 0.571. The van der Waals surface area contributed by atoms with Gasteiger partial charge in [0.2, 0.25) is 0 Å². The van der Waals surface area contributed by atoms with Crippen LogP contribution in [0, 0.1) is 0 Å². The number of ether oxygens (including phenoxy) is 1. The van der Waals surface area contributed by atoms with Crippen molar-refractivity contribution in [1.82, 2.24) is 9.88 Å². The maximum Gasteiger partial charge on any atom is 0.255 e. The van der Waals surface area contributed by atoms with Crippen LogP contribution in [0.4, 0.5) is 0 Å². The van der Waals surface area contributed by atoms with E-state index in [0.717, 1.165) is 5.69 Å². The van der Waals surface area contributed by atoms with E-state index in [9.17, 15) is 4.79 Å². The van der Waals surface area contributed by atoms with Crippen LogP contribution in [0.1, 0.15) is 36.8 Å². The van der Waals surface area contributed by atoms with Crippen LogP contribution in [0.3, 0.4) is 0 Å². The maximum atomic E-state index is 12.5. The molecule has 1 aliphatic rings. The molecule has 0 aromatic carbocycles. The zero-order chi connectivity index (χ0) is 13.2. The predicted octanol–water partition coefficient (Wildman–Crippen LogP) is 1.85. The Hall–Kier alpha value is -1.42. The molecule has 0 saturated carbocycles. The minimum atomic E-state index is -0.126. The highest BCUT2D eigenvalue weighted by Crippen LogP contribution is 2.24. The molecule has 0 aliphatic carbocycles. The first kappa shape index (κ1) is 13.0. The second kappa shape index (κ2) is 5.06. The van der Waals surface area contributed by atoms with E-state index in [1.807, 2.05) is 17.0 Å². The number of nitrogens with zero attached hydrogens (tertiary/aromatic N) is 2. The first-order valence-electron chi connectivity index (χ1n) is 6.32. The highest BCUT2D eigenvalue weighted by molar-refractivity contribution is 5.95. The highest BCUT2D eigenvalue weighted by atomic mass is 16.5. The van der Waals surface area contributed by atoms with E-state index in [2.05, 4.69) is 25.8 Å². The molecule has 2 heterocycles. The summed E-state index contributed by atoms with van der Waals surface area (Å²) in [6, 6.07) is 3.69. The lowest BCUT2D eigenvalue weighted by atomic mass is 9.88. The number of rotatable bonds is 1. The van der Waals surface area contributed by atoms with Crippen LogP contribution >= 0.6 is 0 Å². The first-order chi connectivity index (χ1) is 8.50. The molecular weight excluding hydrogens is 228 g/mol. The van der Waals surface area contributed by atoms with Gasteiger partial charge in [-0.05, 0) is 12.1 Å². The zero-order valence-electron chi connectivity index (χ0n) is 11.3. The van der Waals surface area contributed by atoms with E-state index in [0.29, 0.717) is 31.9 Å². The molecule has 4 heteroatoms. The molecule has 2 rings (SSSR count). The van der Waals surface area contributed by atoms with Crippen LogP contribution in [0.15, 0.2) is 18.3 Å². The number of amides is 1. The Morgan fingerprint density at radius 1 is 1.33 bits per heavy atom. The molecular formula is C14H20N2O2. The predicted molar refractivity (Wildman–Crippen MR) is 69.7 cm³/mol. The Labute approximate surface area is 108 Å². The number of carbonyl (C=O) groups excluding carboxylic acids is 1. The average Bonchev–Trinajstić information content (AvgIpc) is 2.38. The van der Waals surface area contributed by atoms with Crippen LogP contribution in [0.25, 0.3) is 0 Å². The van der Waals surface area contributed by atoms with Crippen molar-refractivity contribution in [2.24, 2.45) is 0 Å². The summed E-state index contributed by atoms with van der Waals surface area (Å²) in [5.41, 5.74) is 1.45. The van der Waals surface area contributed by atoms with Crippen LogP contribution in [-0.2, 0) is 10.2 Å². The summed E-state index contributed by atoms with van der Waals surface area (Å²) in [5, 5.41) is 0. The van der Waals surface area contributed by atoms with Crippen molar-refractivity contribution in [3.63, 3.8) is 0 Å². The third-order valence-electron chi connectivity index (χ3n) is 3.05. The summed E-state index contributed by atoms with van der Waals surface area (Å²) < 4.78 is 5.27. The van der Waals surface area contributed by atoms with Gasteiger partial charge in [-0.3, -0.25) is 9.78 Å². The molecule has 18 heavy (non-hydrogen) atoms. The van der Waals surface area contributed by atoms with Crippen molar-refractivity contribution in [2.45, 2.75) is 26.2 Å². The van der Waals surface area contributed by atoms with Crippen LogP contribution in [0.5, 0.6) is 0 Å². The third kappa shape index (κ3) is 2.70. The minimum Gasteiger partial charge on any atom is -0.378 e. The molecule has 4 nitrogen and oxygen atoms in total. The second-order valence-electron chi connectivity index (χ2n) is 5.55. The van der Waals surface area contributed by atoms with E-state index in [1.54, 1.807) is 6.20 Å². The number of pyridine rings is 1. The highest BCUT2D eigenvalue weighted by Gasteiger charge is 2.26. The van der Waals surface area contributed by atoms with Gasteiger partial charge in [-0.1, -0.05) is 20.8 Å². The maximum absolute atomic E-state index is 12.5. The quantitative estimate of drug-likeness (QED) is 0.761. The number of carbonyl (C=O) groups is 1. The van der Waals surface area contributed by atoms with Crippen LogP contribution < -0.4 is 0 Å². The molecule has 0 unspecified atom stereocenters. The van der Waals surface area contributed by atoms with E-state index in [4.69, 9.17) is 4.74 Å². The standard InChI is InChI=1S/C14H20N2O2/c1-14(2,3)12-11(5-4-6-15-12)13(17)16-7-9-18-10-8-16/h4-6H,7-10H2,1-3H3. The van der Waals surface area contributed by atoms with Crippen molar-refractivity contribution in [1.29, 1.82) is 0 Å². The van der Waals surface area contributed by atoms with Crippen molar-refractivity contribution >= 4 is 5.91 Å². The lowest BCUT2D eigenvalue weighted by Crippen LogP contribution is -2.41. The largest absolute Gasteiger partial charge is 0.378 e. The van der Waals surface area contributed by atoms with Gasteiger partial charge in [-0.25, -0.2) is 0 Å². The lowest BCUT2D eigenvalue weighted by Gasteiger charge is -2.29. The second-order valence-corrected chi connectivity index (χ2v) is 5.55. The van der Waals surface area contributed by atoms with Crippen molar-refractivity contribution < 1.29 is 9.53 Å². The Morgan fingerprint density at radius 2 is 2.00 bits per heavy atom. The SMILES string of the molecule is CC(C)(C)c1ncccc1C(=O)N1CCOCC1. The minimum absolute atomic E-state index is 0.0660. The monoisotopic (exact) mass is 248 g/mol. The molecule has 0 spiro atoms. The average molecular weight is 248 g/mol. The lowest BCUT2D eigenvalue weighted by molar-refractivity contribution is 0.0301. The summed E-state index contributed by atoms with van der Waals surface area (Å²) in [7, 11) is 0. The number of hydrogen-bond acceptors (Lipinski definition) is 3. The molecule has 1 amide bonds. The van der Waals surface area contributed by atoms with E-state index < -0.39 is 0 Å². The van der Waals surface area contributed by atoms with Gasteiger partial charge in [0, 0.05) is 24.7 Å². The summed E-state index contributed by atoms with van der Waals surface area (Å²) in [6.07, 6.45) is 1.75. The molecule has 1 aromatic heterocycles. The summed E-state index contributed by atoms with van der Waals surface area (Å²) in [4.78, 5) is 18.7. The van der Waals surface area contributed by atoms with Crippen molar-refractivity contribution in [2.75, 3.05) is 26.3 Å². The van der Waals surface area contributed by atoms with E-state index in [1.165, 1.54) is 0 Å². The molecule has 0 N–H and O–H groups in total. The van der Waals surface area contributed by atoms with Crippen LogP contribution in [-0.4, -0.2) is 42.1 Å². The molecule has 0 radical (unpaired) electrons. The van der Waals surface area contributed by atoms with Crippen molar-refractivity contribution in [3.8, 4) is 0 Å². The Kier molecular flexibility index (Phi) is 3.66.